The summed E-state index contributed by atoms with van der Waals surface area (Å²) in [5.74, 6) is 2.82. The van der Waals surface area contributed by atoms with Crippen LogP contribution in [0.5, 0.6) is 0 Å². The Hall–Kier alpha value is -2.26. The zero-order chi connectivity index (χ0) is 22.9. The first-order valence-corrected chi connectivity index (χ1v) is 11.8. The zero-order valence-corrected chi connectivity index (χ0v) is 20.5. The lowest BCUT2D eigenvalue weighted by atomic mass is 9.91. The molecule has 0 amide bonds. The minimum atomic E-state index is 0. The maximum atomic E-state index is 5.60. The Kier molecular flexibility index (Phi) is 18.5. The van der Waals surface area contributed by atoms with E-state index >= 15 is 0 Å². The lowest BCUT2D eigenvalue weighted by Gasteiger charge is -2.14. The van der Waals surface area contributed by atoms with Crippen LogP contribution in [-0.4, -0.2) is 0 Å². The predicted molar refractivity (Wildman–Crippen MR) is 146 cm³/mol. The third kappa shape index (κ3) is 11.1. The van der Waals surface area contributed by atoms with Crippen LogP contribution in [0.4, 0.5) is 0 Å². The Morgan fingerprint density at radius 2 is 1.65 bits per heavy atom. The van der Waals surface area contributed by atoms with Crippen molar-refractivity contribution >= 4 is 11.6 Å². The summed E-state index contributed by atoms with van der Waals surface area (Å²) < 4.78 is 0. The molecule has 0 bridgehead atoms. The van der Waals surface area contributed by atoms with E-state index in [0.717, 1.165) is 44.1 Å². The lowest BCUT2D eigenvalue weighted by Crippen LogP contribution is -1.95. The largest absolute Gasteiger partial charge is 0.115 e. The molecule has 0 atom stereocenters. The third-order valence-electron chi connectivity index (χ3n) is 5.30. The van der Waals surface area contributed by atoms with Crippen LogP contribution in [0.3, 0.4) is 0 Å². The highest BCUT2D eigenvalue weighted by molar-refractivity contribution is 5.70. The average Bonchev–Trinajstić information content (AvgIpc) is 2.78. The molecule has 0 spiro atoms. The van der Waals surface area contributed by atoms with Gasteiger partial charge in [-0.3, -0.25) is 0 Å². The van der Waals surface area contributed by atoms with Crippen LogP contribution in [0.25, 0.3) is 11.6 Å². The summed E-state index contributed by atoms with van der Waals surface area (Å²) in [7, 11) is 0. The summed E-state index contributed by atoms with van der Waals surface area (Å²) in [4.78, 5) is 0. The van der Waals surface area contributed by atoms with Gasteiger partial charge in [0.1, 0.15) is 0 Å². The maximum absolute atomic E-state index is 5.60. The van der Waals surface area contributed by atoms with Crippen LogP contribution in [0.1, 0.15) is 109 Å². The normalized spacial score (nSPS) is 11.8. The summed E-state index contributed by atoms with van der Waals surface area (Å²) in [5, 5.41) is 0. The summed E-state index contributed by atoms with van der Waals surface area (Å²) in [6.45, 7) is 20.9. The number of terminal acetylenes is 1. The van der Waals surface area contributed by atoms with Crippen LogP contribution < -0.4 is 0 Å². The molecule has 2 rings (SSSR count). The van der Waals surface area contributed by atoms with E-state index in [2.05, 4.69) is 71.1 Å². The highest BCUT2D eigenvalue weighted by Gasteiger charge is 2.09. The molecular formula is C31H48. The molecule has 1 aliphatic rings. The molecule has 0 saturated carbocycles. The van der Waals surface area contributed by atoms with Crippen molar-refractivity contribution in [3.05, 3.63) is 70.8 Å². The molecule has 0 nitrogen and oxygen atoms in total. The number of allylic oxidation sites excluding steroid dienone is 5. The first-order valence-electron chi connectivity index (χ1n) is 11.8. The second-order valence-electron chi connectivity index (χ2n) is 7.61. The van der Waals surface area contributed by atoms with E-state index in [9.17, 15) is 0 Å². The number of aryl methyl sites for hydroxylation is 2. The van der Waals surface area contributed by atoms with Crippen LogP contribution in [0.2, 0.25) is 0 Å². The van der Waals surface area contributed by atoms with Gasteiger partial charge >= 0.3 is 0 Å². The standard InChI is InChI=1S/C24H28.C4H10.C2H6.CH4/c1-6-21-13-10-11-15-23(21)14-9-8-12-18(3)24-17-22(7-2)19(4)16-20(24)5;1-3-4-2;1-2;/h1,7,13,15-17H,2-3,8-12,14H2,4-5H3;3-4H2,1-2H3;1-2H3;1H4. The van der Waals surface area contributed by atoms with Crippen molar-refractivity contribution in [3.8, 4) is 12.3 Å². The molecule has 0 aliphatic heterocycles. The van der Waals surface area contributed by atoms with Gasteiger partial charge in [0, 0.05) is 5.57 Å². The predicted octanol–water partition coefficient (Wildman–Crippen LogP) is 10.3. The van der Waals surface area contributed by atoms with E-state index < -0.39 is 0 Å². The van der Waals surface area contributed by atoms with Crippen LogP contribution >= 0.6 is 0 Å². The smallest absolute Gasteiger partial charge is 0.0231 e. The van der Waals surface area contributed by atoms with Gasteiger partial charge in [-0.05, 0) is 91.8 Å². The Labute approximate surface area is 195 Å². The zero-order valence-electron chi connectivity index (χ0n) is 20.5. The first kappa shape index (κ1) is 30.9. The molecule has 0 fully saturated rings. The molecule has 0 aromatic heterocycles. The minimum Gasteiger partial charge on any atom is -0.115 e. The molecule has 0 heteroatoms. The van der Waals surface area contributed by atoms with E-state index in [1.54, 1.807) is 0 Å². The monoisotopic (exact) mass is 420 g/mol. The number of hydrogen-bond acceptors (Lipinski definition) is 0. The highest BCUT2D eigenvalue weighted by atomic mass is 14.1. The molecule has 0 N–H and O–H groups in total. The number of benzene rings is 1. The van der Waals surface area contributed by atoms with Gasteiger partial charge in [-0.1, -0.05) is 91.3 Å². The first-order chi connectivity index (χ1) is 14.5. The number of rotatable bonds is 8. The number of unbranched alkanes of at least 4 members (excludes halogenated alkanes) is 2. The minimum absolute atomic E-state index is 0. The van der Waals surface area contributed by atoms with E-state index in [0.29, 0.717) is 0 Å². The van der Waals surface area contributed by atoms with E-state index in [4.69, 9.17) is 6.42 Å². The molecule has 1 aromatic rings. The molecule has 0 saturated heterocycles. The third-order valence-corrected chi connectivity index (χ3v) is 5.30. The number of hydrogen-bond donors (Lipinski definition) is 0. The molecule has 172 valence electrons. The molecule has 0 radical (unpaired) electrons. The van der Waals surface area contributed by atoms with Gasteiger partial charge in [-0.2, -0.15) is 0 Å². The van der Waals surface area contributed by atoms with Crippen LogP contribution in [0, 0.1) is 26.2 Å². The molecule has 0 unspecified atom stereocenters. The van der Waals surface area contributed by atoms with Gasteiger partial charge in [-0.25, -0.2) is 0 Å². The molecule has 1 aliphatic carbocycles. The SMILES string of the molecule is C.C#CC1=CCCC=C1CCCCC(=C)c1cc(C=C)c(C)cc1C.CC.CCCC. The van der Waals surface area contributed by atoms with Crippen LogP contribution in [-0.2, 0) is 0 Å². The van der Waals surface area contributed by atoms with Crippen LogP contribution in [0.15, 0.2) is 48.6 Å². The molecular weight excluding hydrogens is 372 g/mol. The second kappa shape index (κ2) is 18.5. The summed E-state index contributed by atoms with van der Waals surface area (Å²) in [6, 6.07) is 4.46. The van der Waals surface area contributed by atoms with E-state index in [-0.39, 0.29) is 7.43 Å². The van der Waals surface area contributed by atoms with Crippen molar-refractivity contribution in [2.45, 2.75) is 100 Å². The maximum Gasteiger partial charge on any atom is 0.0231 e. The molecule has 31 heavy (non-hydrogen) atoms. The molecule has 1 aromatic carbocycles. The van der Waals surface area contributed by atoms with Crippen molar-refractivity contribution in [1.29, 1.82) is 0 Å². The quantitative estimate of drug-likeness (QED) is 0.290. The fourth-order valence-electron chi connectivity index (χ4n) is 3.37. The van der Waals surface area contributed by atoms with Gasteiger partial charge in [-0.15, -0.1) is 6.42 Å². The van der Waals surface area contributed by atoms with Gasteiger partial charge < -0.3 is 0 Å². The molecule has 0 heterocycles. The average molecular weight is 421 g/mol. The second-order valence-corrected chi connectivity index (χ2v) is 7.61. The van der Waals surface area contributed by atoms with Crippen molar-refractivity contribution < 1.29 is 0 Å². The lowest BCUT2D eigenvalue weighted by molar-refractivity contribution is 0.747. The van der Waals surface area contributed by atoms with E-state index in [1.807, 2.05) is 19.9 Å². The Balaban J connectivity index is 0. The van der Waals surface area contributed by atoms with Crippen molar-refractivity contribution in [2.75, 3.05) is 0 Å². The summed E-state index contributed by atoms with van der Waals surface area (Å²) in [6.07, 6.45) is 21.3. The van der Waals surface area contributed by atoms with Gasteiger partial charge in [0.15, 0.2) is 0 Å². The van der Waals surface area contributed by atoms with Crippen molar-refractivity contribution in [1.82, 2.24) is 0 Å². The van der Waals surface area contributed by atoms with Crippen molar-refractivity contribution in [3.63, 3.8) is 0 Å². The highest BCUT2D eigenvalue weighted by Crippen LogP contribution is 2.28. The van der Waals surface area contributed by atoms with Gasteiger partial charge in [0.05, 0.1) is 0 Å². The fourth-order valence-corrected chi connectivity index (χ4v) is 3.37. The van der Waals surface area contributed by atoms with E-state index in [1.165, 1.54) is 46.2 Å². The Morgan fingerprint density at radius 3 is 2.19 bits per heavy atom. The van der Waals surface area contributed by atoms with Gasteiger partial charge in [0.25, 0.3) is 0 Å². The summed E-state index contributed by atoms with van der Waals surface area (Å²) >= 11 is 0. The summed E-state index contributed by atoms with van der Waals surface area (Å²) in [5.41, 5.74) is 8.73. The Morgan fingerprint density at radius 1 is 1.03 bits per heavy atom. The van der Waals surface area contributed by atoms with Crippen molar-refractivity contribution in [2.24, 2.45) is 0 Å². The Bertz CT molecular complexity index is 760. The fraction of sp³-hybridized carbons (Fsp3) is 0.484. The topological polar surface area (TPSA) is 0 Å². The van der Waals surface area contributed by atoms with Gasteiger partial charge in [0.2, 0.25) is 0 Å².